The number of fused-ring (bicyclic) bond motifs is 1. The molecule has 148 valence electrons. The largest absolute Gasteiger partial charge is 0.365 e. The summed E-state index contributed by atoms with van der Waals surface area (Å²) in [5.41, 5.74) is 0.587. The highest BCUT2D eigenvalue weighted by Crippen LogP contribution is 2.26. The molecule has 3 aromatic heterocycles. The van der Waals surface area contributed by atoms with E-state index < -0.39 is 0 Å². The molecule has 9 nitrogen and oxygen atoms in total. The zero-order valence-corrected chi connectivity index (χ0v) is 16.8. The molecule has 0 saturated carbocycles. The van der Waals surface area contributed by atoms with Gasteiger partial charge in [-0.2, -0.15) is 5.10 Å². The summed E-state index contributed by atoms with van der Waals surface area (Å²) in [6.07, 6.45) is 8.72. The van der Waals surface area contributed by atoms with Crippen LogP contribution in [0.2, 0.25) is 0 Å². The Hall–Kier alpha value is -2.97. The highest BCUT2D eigenvalue weighted by atomic mass is 16.1. The lowest BCUT2D eigenvalue weighted by Gasteiger charge is -2.33. The topological polar surface area (TPSA) is 93.8 Å². The monoisotopic (exact) mass is 382 g/mol. The molecule has 1 atom stereocenters. The van der Waals surface area contributed by atoms with Crippen LogP contribution in [0.4, 0.5) is 11.6 Å². The highest BCUT2D eigenvalue weighted by Gasteiger charge is 2.25. The van der Waals surface area contributed by atoms with Gasteiger partial charge in [-0.25, -0.2) is 19.6 Å². The molecule has 3 aromatic rings. The maximum atomic E-state index is 12.4. The van der Waals surface area contributed by atoms with Crippen LogP contribution in [0.25, 0.3) is 11.0 Å². The summed E-state index contributed by atoms with van der Waals surface area (Å²) in [7, 11) is 1.75. The van der Waals surface area contributed by atoms with Crippen LogP contribution in [0.15, 0.2) is 29.7 Å². The van der Waals surface area contributed by atoms with Gasteiger partial charge in [-0.1, -0.05) is 0 Å². The number of hydrogen-bond acceptors (Lipinski definition) is 7. The molecule has 1 aliphatic heterocycles. The molecule has 4 rings (SSSR count). The third-order valence-electron chi connectivity index (χ3n) is 5.06. The van der Waals surface area contributed by atoms with E-state index in [2.05, 4.69) is 51.0 Å². The first-order valence-corrected chi connectivity index (χ1v) is 9.57. The molecule has 1 fully saturated rings. The molecule has 0 unspecified atom stereocenters. The Morgan fingerprint density at radius 2 is 2.04 bits per heavy atom. The van der Waals surface area contributed by atoms with Crippen LogP contribution in [-0.4, -0.2) is 48.4 Å². The van der Waals surface area contributed by atoms with Crippen LogP contribution >= 0.6 is 0 Å². The van der Waals surface area contributed by atoms with Crippen LogP contribution in [0.5, 0.6) is 0 Å². The van der Waals surface area contributed by atoms with Crippen molar-refractivity contribution in [2.45, 2.75) is 45.2 Å². The fourth-order valence-corrected chi connectivity index (χ4v) is 3.63. The molecular weight excluding hydrogens is 356 g/mol. The van der Waals surface area contributed by atoms with Gasteiger partial charge in [-0.05, 0) is 33.6 Å². The normalized spacial score (nSPS) is 17.9. The first-order valence-electron chi connectivity index (χ1n) is 9.57. The van der Waals surface area contributed by atoms with E-state index in [1.54, 1.807) is 30.3 Å². The Labute approximate surface area is 163 Å². The van der Waals surface area contributed by atoms with E-state index in [0.717, 1.165) is 36.2 Å². The van der Waals surface area contributed by atoms with Crippen LogP contribution in [-0.2, 0) is 12.6 Å². The quantitative estimate of drug-likeness (QED) is 0.737. The lowest BCUT2D eigenvalue weighted by Crippen LogP contribution is -2.45. The first kappa shape index (κ1) is 18.4. The Balaban J connectivity index is 1.59. The minimum absolute atomic E-state index is 0.0703. The summed E-state index contributed by atoms with van der Waals surface area (Å²) >= 11 is 0. The van der Waals surface area contributed by atoms with Crippen molar-refractivity contribution in [1.82, 2.24) is 29.3 Å². The number of anilines is 2. The third-order valence-corrected chi connectivity index (χ3v) is 5.06. The van der Waals surface area contributed by atoms with Gasteiger partial charge in [0.25, 0.3) is 5.56 Å². The Morgan fingerprint density at radius 1 is 1.21 bits per heavy atom. The number of hydrogen-bond donors (Lipinski definition) is 1. The second-order valence-electron chi connectivity index (χ2n) is 8.28. The van der Waals surface area contributed by atoms with Crippen molar-refractivity contribution < 1.29 is 0 Å². The predicted octanol–water partition coefficient (Wildman–Crippen LogP) is 1.76. The van der Waals surface area contributed by atoms with E-state index in [1.165, 1.54) is 0 Å². The molecule has 0 radical (unpaired) electrons. The predicted molar refractivity (Wildman–Crippen MR) is 109 cm³/mol. The zero-order chi connectivity index (χ0) is 19.9. The standard InChI is InChI=1S/C19H26N8O/c1-19(2,3)27-16-14(10-23-27)15(21-12-22-16)24-13-6-5-8-26(11-13)17-18(28)25(4)9-7-20-17/h7,9-10,12-13H,5-6,8,11H2,1-4H3,(H,21,22,24)/t13-/m1/s1. The molecule has 28 heavy (non-hydrogen) atoms. The fraction of sp³-hybridized carbons (Fsp3) is 0.526. The van der Waals surface area contributed by atoms with E-state index >= 15 is 0 Å². The summed E-state index contributed by atoms with van der Waals surface area (Å²) in [4.78, 5) is 27.7. The number of piperidine rings is 1. The average Bonchev–Trinajstić information content (AvgIpc) is 3.10. The molecular formula is C19H26N8O. The molecule has 0 amide bonds. The fourth-order valence-electron chi connectivity index (χ4n) is 3.63. The van der Waals surface area contributed by atoms with E-state index in [4.69, 9.17) is 0 Å². The van der Waals surface area contributed by atoms with E-state index in [1.807, 2.05) is 10.9 Å². The molecule has 0 aliphatic carbocycles. The maximum Gasteiger partial charge on any atom is 0.293 e. The molecule has 9 heteroatoms. The molecule has 1 aliphatic rings. The van der Waals surface area contributed by atoms with Crippen molar-refractivity contribution in [3.8, 4) is 0 Å². The van der Waals surface area contributed by atoms with Crippen molar-refractivity contribution in [3.05, 3.63) is 35.3 Å². The number of rotatable bonds is 3. The van der Waals surface area contributed by atoms with Crippen molar-refractivity contribution >= 4 is 22.7 Å². The Bertz CT molecular complexity index is 1050. The number of aryl methyl sites for hydroxylation is 1. The van der Waals surface area contributed by atoms with Gasteiger partial charge < -0.3 is 14.8 Å². The van der Waals surface area contributed by atoms with Gasteiger partial charge in [0.2, 0.25) is 0 Å². The summed E-state index contributed by atoms with van der Waals surface area (Å²) in [5, 5.41) is 8.96. The van der Waals surface area contributed by atoms with Gasteiger partial charge in [0.05, 0.1) is 17.1 Å². The van der Waals surface area contributed by atoms with Crippen LogP contribution in [0, 0.1) is 0 Å². The van der Waals surface area contributed by atoms with Crippen molar-refractivity contribution in [2.75, 3.05) is 23.3 Å². The summed E-state index contributed by atoms with van der Waals surface area (Å²) in [6, 6.07) is 0.163. The van der Waals surface area contributed by atoms with E-state index in [0.29, 0.717) is 12.4 Å². The minimum Gasteiger partial charge on any atom is -0.365 e. The molecule has 0 bridgehead atoms. The average molecular weight is 382 g/mol. The van der Waals surface area contributed by atoms with Gasteiger partial charge in [0, 0.05) is 38.6 Å². The molecule has 1 saturated heterocycles. The van der Waals surface area contributed by atoms with Gasteiger partial charge >= 0.3 is 0 Å². The van der Waals surface area contributed by atoms with Gasteiger partial charge in [-0.15, -0.1) is 0 Å². The minimum atomic E-state index is -0.159. The van der Waals surface area contributed by atoms with Crippen molar-refractivity contribution in [3.63, 3.8) is 0 Å². The second kappa shape index (κ2) is 6.88. The van der Waals surface area contributed by atoms with Crippen LogP contribution in [0.1, 0.15) is 33.6 Å². The number of nitrogens with zero attached hydrogens (tertiary/aromatic N) is 7. The Kier molecular flexibility index (Phi) is 4.52. The summed E-state index contributed by atoms with van der Waals surface area (Å²) in [6.45, 7) is 7.82. The first-order chi connectivity index (χ1) is 13.3. The third kappa shape index (κ3) is 3.32. The number of nitrogens with one attached hydrogen (secondary N) is 1. The zero-order valence-electron chi connectivity index (χ0n) is 16.8. The van der Waals surface area contributed by atoms with Crippen molar-refractivity contribution in [1.29, 1.82) is 0 Å². The van der Waals surface area contributed by atoms with Gasteiger partial charge in [0.1, 0.15) is 12.1 Å². The maximum absolute atomic E-state index is 12.4. The van der Waals surface area contributed by atoms with E-state index in [-0.39, 0.29) is 17.1 Å². The van der Waals surface area contributed by atoms with Crippen molar-refractivity contribution in [2.24, 2.45) is 7.05 Å². The summed E-state index contributed by atoms with van der Waals surface area (Å²) in [5.74, 6) is 1.28. The lowest BCUT2D eigenvalue weighted by molar-refractivity contribution is 0.366. The van der Waals surface area contributed by atoms with E-state index in [9.17, 15) is 4.79 Å². The molecule has 4 heterocycles. The lowest BCUT2D eigenvalue weighted by atomic mass is 10.1. The Morgan fingerprint density at radius 3 is 2.82 bits per heavy atom. The van der Waals surface area contributed by atoms with Gasteiger partial charge in [-0.3, -0.25) is 4.79 Å². The van der Waals surface area contributed by atoms with Crippen LogP contribution < -0.4 is 15.8 Å². The summed E-state index contributed by atoms with van der Waals surface area (Å²) < 4.78 is 3.48. The molecule has 1 N–H and O–H groups in total. The van der Waals surface area contributed by atoms with Crippen LogP contribution in [0.3, 0.4) is 0 Å². The molecule has 0 spiro atoms. The molecule has 0 aromatic carbocycles. The van der Waals surface area contributed by atoms with Gasteiger partial charge in [0.15, 0.2) is 11.5 Å². The highest BCUT2D eigenvalue weighted by molar-refractivity contribution is 5.86. The number of aromatic nitrogens is 6. The second-order valence-corrected chi connectivity index (χ2v) is 8.28. The SMILES string of the molecule is Cn1ccnc(N2CCC[C@@H](Nc3ncnc4c3cnn4C(C)(C)C)C2)c1=O. The smallest absolute Gasteiger partial charge is 0.293 e.